The molecule has 0 aliphatic carbocycles. The van der Waals surface area contributed by atoms with Crippen LogP contribution in [0.15, 0.2) is 18.2 Å². The van der Waals surface area contributed by atoms with Crippen molar-refractivity contribution in [3.63, 3.8) is 0 Å². The average Bonchev–Trinajstić information content (AvgIpc) is 2.47. The predicted octanol–water partition coefficient (Wildman–Crippen LogP) is 2.06. The number of nitrogens with zero attached hydrogens (tertiary/aromatic N) is 1. The molecular formula is C9H10N2S. The van der Waals surface area contributed by atoms with E-state index < -0.39 is 0 Å². The topological polar surface area (TPSA) is 38.9 Å². The first-order valence-electron chi connectivity index (χ1n) is 3.86. The number of hydrogen-bond acceptors (Lipinski definition) is 3. The molecule has 0 unspecified atom stereocenters. The normalized spacial score (nSPS) is 10.8. The molecule has 1 heterocycles. The van der Waals surface area contributed by atoms with Gasteiger partial charge in [0.25, 0.3) is 0 Å². The lowest BCUT2D eigenvalue weighted by atomic mass is 10.1. The molecule has 62 valence electrons. The molecule has 0 saturated heterocycles. The van der Waals surface area contributed by atoms with Crippen molar-refractivity contribution in [2.45, 2.75) is 13.5 Å². The molecule has 2 rings (SSSR count). The fourth-order valence-corrected chi connectivity index (χ4v) is 2.00. The predicted molar refractivity (Wildman–Crippen MR) is 52.2 cm³/mol. The van der Waals surface area contributed by atoms with Gasteiger partial charge in [-0.3, -0.25) is 0 Å². The first kappa shape index (κ1) is 7.71. The van der Waals surface area contributed by atoms with E-state index in [1.807, 2.05) is 6.92 Å². The summed E-state index contributed by atoms with van der Waals surface area (Å²) in [7, 11) is 0. The van der Waals surface area contributed by atoms with Crippen LogP contribution in [-0.4, -0.2) is 4.37 Å². The van der Waals surface area contributed by atoms with E-state index >= 15 is 0 Å². The third-order valence-electron chi connectivity index (χ3n) is 1.95. The highest BCUT2D eigenvalue weighted by atomic mass is 32.1. The van der Waals surface area contributed by atoms with Crippen LogP contribution >= 0.6 is 11.5 Å². The molecule has 2 nitrogen and oxygen atoms in total. The summed E-state index contributed by atoms with van der Waals surface area (Å²) in [5.74, 6) is 0. The number of hydrogen-bond donors (Lipinski definition) is 1. The summed E-state index contributed by atoms with van der Waals surface area (Å²) in [6.07, 6.45) is 0. The summed E-state index contributed by atoms with van der Waals surface area (Å²) < 4.78 is 5.51. The molecule has 12 heavy (non-hydrogen) atoms. The molecule has 0 fully saturated rings. The Morgan fingerprint density at radius 3 is 3.08 bits per heavy atom. The smallest absolute Gasteiger partial charge is 0.0590 e. The third kappa shape index (κ3) is 1.11. The highest BCUT2D eigenvalue weighted by Crippen LogP contribution is 2.22. The first-order valence-corrected chi connectivity index (χ1v) is 4.63. The SMILES string of the molecule is Cc1nsc2ccc(CN)cc12. The van der Waals surface area contributed by atoms with Gasteiger partial charge in [0, 0.05) is 11.9 Å². The second-order valence-corrected chi connectivity index (χ2v) is 3.61. The Morgan fingerprint density at radius 2 is 2.33 bits per heavy atom. The minimum atomic E-state index is 0.602. The van der Waals surface area contributed by atoms with Crippen molar-refractivity contribution in [1.29, 1.82) is 0 Å². The average molecular weight is 178 g/mol. The zero-order valence-electron chi connectivity index (χ0n) is 6.87. The van der Waals surface area contributed by atoms with Gasteiger partial charge in [0.05, 0.1) is 10.4 Å². The van der Waals surface area contributed by atoms with Gasteiger partial charge < -0.3 is 5.73 Å². The van der Waals surface area contributed by atoms with E-state index in [2.05, 4.69) is 22.6 Å². The van der Waals surface area contributed by atoms with Crippen LogP contribution in [0.5, 0.6) is 0 Å². The lowest BCUT2D eigenvalue weighted by Gasteiger charge is -1.95. The van der Waals surface area contributed by atoms with Gasteiger partial charge in [-0.05, 0) is 36.2 Å². The summed E-state index contributed by atoms with van der Waals surface area (Å²) in [6.45, 7) is 2.63. The molecule has 1 aromatic carbocycles. The van der Waals surface area contributed by atoms with Crippen molar-refractivity contribution in [3.8, 4) is 0 Å². The van der Waals surface area contributed by atoms with Gasteiger partial charge in [0.15, 0.2) is 0 Å². The number of nitrogens with two attached hydrogens (primary N) is 1. The van der Waals surface area contributed by atoms with E-state index in [-0.39, 0.29) is 0 Å². The maximum absolute atomic E-state index is 5.54. The third-order valence-corrected chi connectivity index (χ3v) is 2.87. The molecule has 0 radical (unpaired) electrons. The summed E-state index contributed by atoms with van der Waals surface area (Å²) in [4.78, 5) is 0. The van der Waals surface area contributed by atoms with Crippen LogP contribution in [0.25, 0.3) is 10.1 Å². The van der Waals surface area contributed by atoms with Crippen molar-refractivity contribution in [1.82, 2.24) is 4.37 Å². The Kier molecular flexibility index (Phi) is 1.83. The Bertz CT molecular complexity index is 406. The van der Waals surface area contributed by atoms with E-state index in [1.54, 1.807) is 11.5 Å². The molecule has 0 atom stereocenters. The van der Waals surface area contributed by atoms with Crippen LogP contribution in [0.3, 0.4) is 0 Å². The molecule has 0 spiro atoms. The van der Waals surface area contributed by atoms with Gasteiger partial charge >= 0.3 is 0 Å². The van der Waals surface area contributed by atoms with Crippen molar-refractivity contribution < 1.29 is 0 Å². The molecule has 0 amide bonds. The molecule has 2 aromatic rings. The van der Waals surface area contributed by atoms with E-state index in [4.69, 9.17) is 5.73 Å². The number of fused-ring (bicyclic) bond motifs is 1. The number of aryl methyl sites for hydroxylation is 1. The molecule has 0 bridgehead atoms. The Morgan fingerprint density at radius 1 is 1.50 bits per heavy atom. The van der Waals surface area contributed by atoms with Crippen LogP contribution in [-0.2, 0) is 6.54 Å². The van der Waals surface area contributed by atoms with Gasteiger partial charge in [-0.2, -0.15) is 4.37 Å². The molecule has 0 aliphatic heterocycles. The van der Waals surface area contributed by atoms with Crippen molar-refractivity contribution in [2.75, 3.05) is 0 Å². The van der Waals surface area contributed by atoms with Gasteiger partial charge in [-0.25, -0.2) is 0 Å². The summed E-state index contributed by atoms with van der Waals surface area (Å²) in [5.41, 5.74) is 7.82. The Labute approximate surface area is 75.2 Å². The molecule has 0 saturated carbocycles. The van der Waals surface area contributed by atoms with Crippen LogP contribution in [0.4, 0.5) is 0 Å². The minimum Gasteiger partial charge on any atom is -0.326 e. The summed E-state index contributed by atoms with van der Waals surface area (Å²) in [5, 5.41) is 1.24. The quantitative estimate of drug-likeness (QED) is 0.726. The van der Waals surface area contributed by atoms with Crippen LogP contribution in [0, 0.1) is 6.92 Å². The lowest BCUT2D eigenvalue weighted by Crippen LogP contribution is -1.94. The fraction of sp³-hybridized carbons (Fsp3) is 0.222. The Hall–Kier alpha value is -0.930. The second-order valence-electron chi connectivity index (χ2n) is 2.80. The van der Waals surface area contributed by atoms with Crippen LogP contribution < -0.4 is 5.73 Å². The maximum Gasteiger partial charge on any atom is 0.0590 e. The molecule has 0 aliphatic rings. The largest absolute Gasteiger partial charge is 0.326 e. The lowest BCUT2D eigenvalue weighted by molar-refractivity contribution is 1.08. The zero-order chi connectivity index (χ0) is 8.55. The van der Waals surface area contributed by atoms with Crippen LogP contribution in [0.2, 0.25) is 0 Å². The van der Waals surface area contributed by atoms with E-state index in [0.717, 1.165) is 5.69 Å². The van der Waals surface area contributed by atoms with Crippen molar-refractivity contribution in [2.24, 2.45) is 5.73 Å². The van der Waals surface area contributed by atoms with E-state index in [9.17, 15) is 0 Å². The fourth-order valence-electron chi connectivity index (χ4n) is 1.23. The monoisotopic (exact) mass is 178 g/mol. The molecular weight excluding hydrogens is 168 g/mol. The van der Waals surface area contributed by atoms with Crippen LogP contribution in [0.1, 0.15) is 11.3 Å². The number of rotatable bonds is 1. The molecule has 3 heteroatoms. The number of benzene rings is 1. The molecule has 1 aromatic heterocycles. The standard InChI is InChI=1S/C9H10N2S/c1-6-8-4-7(5-10)2-3-9(8)12-11-6/h2-4H,5,10H2,1H3. The highest BCUT2D eigenvalue weighted by molar-refractivity contribution is 7.13. The maximum atomic E-state index is 5.54. The van der Waals surface area contributed by atoms with Gasteiger partial charge in [-0.1, -0.05) is 6.07 Å². The second kappa shape index (κ2) is 2.84. The first-order chi connectivity index (χ1) is 5.81. The van der Waals surface area contributed by atoms with Gasteiger partial charge in [0.2, 0.25) is 0 Å². The van der Waals surface area contributed by atoms with Crippen molar-refractivity contribution >= 4 is 21.6 Å². The zero-order valence-corrected chi connectivity index (χ0v) is 7.69. The minimum absolute atomic E-state index is 0.602. The van der Waals surface area contributed by atoms with E-state index in [1.165, 1.54) is 15.6 Å². The molecule has 2 N–H and O–H groups in total. The van der Waals surface area contributed by atoms with Gasteiger partial charge in [0.1, 0.15) is 0 Å². The highest BCUT2D eigenvalue weighted by Gasteiger charge is 2.01. The van der Waals surface area contributed by atoms with E-state index in [0.29, 0.717) is 6.54 Å². The Balaban J connectivity index is 2.71. The summed E-state index contributed by atoms with van der Waals surface area (Å²) in [6, 6.07) is 6.26. The number of aromatic nitrogens is 1. The summed E-state index contributed by atoms with van der Waals surface area (Å²) >= 11 is 1.54. The van der Waals surface area contributed by atoms with Gasteiger partial charge in [-0.15, -0.1) is 0 Å². The van der Waals surface area contributed by atoms with Crippen molar-refractivity contribution in [3.05, 3.63) is 29.5 Å².